The highest BCUT2D eigenvalue weighted by Crippen LogP contribution is 2.40. The smallest absolute Gasteiger partial charge is 0.305 e. The molecule has 0 amide bonds. The summed E-state index contributed by atoms with van der Waals surface area (Å²) in [4.78, 5) is 22.7. The van der Waals surface area contributed by atoms with Crippen LogP contribution in [0.2, 0.25) is 0 Å². The van der Waals surface area contributed by atoms with Crippen molar-refractivity contribution in [2.75, 3.05) is 13.7 Å². The first-order valence-electron chi connectivity index (χ1n) is 9.24. The van der Waals surface area contributed by atoms with Crippen molar-refractivity contribution in [2.24, 2.45) is 11.8 Å². The number of rotatable bonds is 9. The van der Waals surface area contributed by atoms with Gasteiger partial charge in [-0.05, 0) is 50.9 Å². The van der Waals surface area contributed by atoms with Crippen molar-refractivity contribution in [3.05, 3.63) is 12.2 Å². The predicted octanol–water partition coefficient (Wildman–Crippen LogP) is 3.63. The summed E-state index contributed by atoms with van der Waals surface area (Å²) in [6, 6.07) is 0. The molecule has 5 atom stereocenters. The highest BCUT2D eigenvalue weighted by molar-refractivity contribution is 6.21. The van der Waals surface area contributed by atoms with Gasteiger partial charge in [-0.3, -0.25) is 4.79 Å². The number of unbranched alkanes of at least 4 members (excludes halogenated alkanes) is 1. The van der Waals surface area contributed by atoms with E-state index in [0.29, 0.717) is 12.8 Å². The lowest BCUT2D eigenvalue weighted by atomic mass is 9.92. The van der Waals surface area contributed by atoms with E-state index in [0.717, 1.165) is 51.4 Å². The molecule has 2 aliphatic rings. The van der Waals surface area contributed by atoms with Crippen LogP contribution in [0.15, 0.2) is 12.2 Å². The molecule has 1 unspecified atom stereocenters. The highest BCUT2D eigenvalue weighted by atomic mass is 35.5. The number of carbonyl (C=O) groups is 2. The molecule has 1 saturated heterocycles. The fourth-order valence-corrected chi connectivity index (χ4v) is 4.01. The SMILES string of the molecule is COC(=O)CCC/C=C\C[C@@H]1[C@@H](C=O)[C@H](OC2CCCCO2)C[C@H]1Cl. The number of hydrogen-bond acceptors (Lipinski definition) is 5. The second kappa shape index (κ2) is 10.9. The zero-order valence-corrected chi connectivity index (χ0v) is 15.7. The number of allylic oxidation sites excluding steroid dienone is 2. The van der Waals surface area contributed by atoms with Gasteiger partial charge in [0.1, 0.15) is 6.29 Å². The molecular weight excluding hydrogens is 344 g/mol. The molecule has 0 N–H and O–H groups in total. The molecule has 0 aromatic rings. The zero-order chi connectivity index (χ0) is 18.1. The lowest BCUT2D eigenvalue weighted by Crippen LogP contribution is -2.31. The van der Waals surface area contributed by atoms with E-state index in [2.05, 4.69) is 10.8 Å². The van der Waals surface area contributed by atoms with E-state index in [-0.39, 0.29) is 35.6 Å². The summed E-state index contributed by atoms with van der Waals surface area (Å²) in [5, 5.41) is -0.0662. The summed E-state index contributed by atoms with van der Waals surface area (Å²) >= 11 is 6.49. The van der Waals surface area contributed by atoms with Crippen molar-refractivity contribution >= 4 is 23.9 Å². The van der Waals surface area contributed by atoms with Crippen molar-refractivity contribution < 1.29 is 23.8 Å². The van der Waals surface area contributed by atoms with Gasteiger partial charge in [-0.1, -0.05) is 12.2 Å². The van der Waals surface area contributed by atoms with Crippen LogP contribution in [0.3, 0.4) is 0 Å². The molecular formula is C19H29ClO5. The van der Waals surface area contributed by atoms with Crippen LogP contribution in [0.1, 0.15) is 51.4 Å². The van der Waals surface area contributed by atoms with Crippen LogP contribution < -0.4 is 0 Å². The largest absolute Gasteiger partial charge is 0.469 e. The van der Waals surface area contributed by atoms with E-state index < -0.39 is 0 Å². The van der Waals surface area contributed by atoms with Crippen LogP contribution in [-0.4, -0.2) is 43.7 Å². The molecule has 1 aliphatic heterocycles. The summed E-state index contributed by atoms with van der Waals surface area (Å²) in [6.45, 7) is 0.727. The molecule has 0 bridgehead atoms. The normalized spacial score (nSPS) is 32.8. The third-order valence-corrected chi connectivity index (χ3v) is 5.52. The molecule has 142 valence electrons. The van der Waals surface area contributed by atoms with Gasteiger partial charge in [0.05, 0.1) is 13.2 Å². The summed E-state index contributed by atoms with van der Waals surface area (Å²) < 4.78 is 16.3. The molecule has 2 rings (SSSR count). The van der Waals surface area contributed by atoms with Crippen LogP contribution in [0.5, 0.6) is 0 Å². The predicted molar refractivity (Wildman–Crippen MR) is 95.4 cm³/mol. The van der Waals surface area contributed by atoms with E-state index >= 15 is 0 Å². The second-order valence-corrected chi connectivity index (χ2v) is 7.34. The maximum Gasteiger partial charge on any atom is 0.305 e. The summed E-state index contributed by atoms with van der Waals surface area (Å²) in [7, 11) is 1.40. The minimum absolute atomic E-state index is 0.0662. The first-order chi connectivity index (χ1) is 12.2. The summed E-state index contributed by atoms with van der Waals surface area (Å²) in [6.07, 6.45) is 11.3. The average molecular weight is 373 g/mol. The van der Waals surface area contributed by atoms with Gasteiger partial charge in [0, 0.05) is 24.3 Å². The van der Waals surface area contributed by atoms with Crippen LogP contribution in [0.4, 0.5) is 0 Å². The van der Waals surface area contributed by atoms with Crippen LogP contribution in [0, 0.1) is 11.8 Å². The second-order valence-electron chi connectivity index (χ2n) is 6.78. The number of aldehydes is 1. The minimum atomic E-state index is -0.197. The number of alkyl halides is 1. The van der Waals surface area contributed by atoms with Crippen LogP contribution >= 0.6 is 11.6 Å². The Hall–Kier alpha value is -0.910. The van der Waals surface area contributed by atoms with Crippen molar-refractivity contribution in [2.45, 2.75) is 69.1 Å². The Morgan fingerprint density at radius 3 is 2.84 bits per heavy atom. The molecule has 2 fully saturated rings. The number of methoxy groups -OCH3 is 1. The standard InChI is InChI=1S/C19H29ClO5/c1-23-18(22)9-5-3-2-4-8-14-15(13-21)17(12-16(14)20)25-19-10-6-7-11-24-19/h2,4,13-17,19H,3,5-12H2,1H3/b4-2-/t14-,15-,16-,17-,19?/m1/s1. The van der Waals surface area contributed by atoms with Gasteiger partial charge >= 0.3 is 5.97 Å². The Labute approximate surface area is 155 Å². The lowest BCUT2D eigenvalue weighted by molar-refractivity contribution is -0.194. The van der Waals surface area contributed by atoms with Crippen LogP contribution in [-0.2, 0) is 23.8 Å². The fourth-order valence-electron chi connectivity index (χ4n) is 3.56. The molecule has 6 heteroatoms. The maximum atomic E-state index is 11.6. The van der Waals surface area contributed by atoms with Gasteiger partial charge in [0.15, 0.2) is 6.29 Å². The minimum Gasteiger partial charge on any atom is -0.469 e. The Kier molecular flexibility index (Phi) is 8.93. The van der Waals surface area contributed by atoms with Gasteiger partial charge in [0.2, 0.25) is 0 Å². The van der Waals surface area contributed by atoms with Crippen molar-refractivity contribution in [1.29, 1.82) is 0 Å². The first-order valence-corrected chi connectivity index (χ1v) is 9.67. The van der Waals surface area contributed by atoms with Crippen molar-refractivity contribution in [1.82, 2.24) is 0 Å². The Morgan fingerprint density at radius 2 is 2.16 bits per heavy atom. The molecule has 1 heterocycles. The third-order valence-electron chi connectivity index (χ3n) is 5.02. The van der Waals surface area contributed by atoms with Crippen molar-refractivity contribution in [3.8, 4) is 0 Å². The van der Waals surface area contributed by atoms with Gasteiger partial charge in [-0.15, -0.1) is 11.6 Å². The van der Waals surface area contributed by atoms with E-state index in [1.165, 1.54) is 7.11 Å². The van der Waals surface area contributed by atoms with Gasteiger partial charge in [-0.2, -0.15) is 0 Å². The first kappa shape index (κ1) is 20.4. The van der Waals surface area contributed by atoms with Crippen molar-refractivity contribution in [3.63, 3.8) is 0 Å². The van der Waals surface area contributed by atoms with E-state index in [1.807, 2.05) is 6.08 Å². The van der Waals surface area contributed by atoms with Gasteiger partial charge in [-0.25, -0.2) is 0 Å². The average Bonchev–Trinajstić information content (AvgIpc) is 2.92. The Balaban J connectivity index is 1.77. The number of ether oxygens (including phenoxy) is 3. The Morgan fingerprint density at radius 1 is 1.32 bits per heavy atom. The van der Waals surface area contributed by atoms with Gasteiger partial charge < -0.3 is 19.0 Å². The molecule has 25 heavy (non-hydrogen) atoms. The van der Waals surface area contributed by atoms with E-state index in [4.69, 9.17) is 21.1 Å². The highest BCUT2D eigenvalue weighted by Gasteiger charge is 2.43. The molecule has 1 aliphatic carbocycles. The molecule has 0 spiro atoms. The lowest BCUT2D eigenvalue weighted by Gasteiger charge is -2.28. The summed E-state index contributed by atoms with van der Waals surface area (Å²) in [5.74, 6) is -0.284. The Bertz CT molecular complexity index is 447. The topological polar surface area (TPSA) is 61.8 Å². The quantitative estimate of drug-likeness (QED) is 0.203. The zero-order valence-electron chi connectivity index (χ0n) is 14.9. The van der Waals surface area contributed by atoms with Crippen LogP contribution in [0.25, 0.3) is 0 Å². The molecule has 5 nitrogen and oxygen atoms in total. The number of carbonyl (C=O) groups excluding carboxylic acids is 2. The van der Waals surface area contributed by atoms with E-state index in [9.17, 15) is 9.59 Å². The molecule has 1 saturated carbocycles. The molecule has 0 aromatic heterocycles. The van der Waals surface area contributed by atoms with E-state index in [1.54, 1.807) is 0 Å². The number of hydrogen-bond donors (Lipinski definition) is 0. The van der Waals surface area contributed by atoms with Gasteiger partial charge in [0.25, 0.3) is 0 Å². The monoisotopic (exact) mass is 372 g/mol. The maximum absolute atomic E-state index is 11.6. The fraction of sp³-hybridized carbons (Fsp3) is 0.789. The number of halogens is 1. The molecule has 0 radical (unpaired) electrons. The molecule has 0 aromatic carbocycles. The summed E-state index contributed by atoms with van der Waals surface area (Å²) in [5.41, 5.74) is 0. The third kappa shape index (κ3) is 6.39. The number of esters is 1.